The lowest BCUT2D eigenvalue weighted by molar-refractivity contribution is 0.0757. The summed E-state index contributed by atoms with van der Waals surface area (Å²) in [5.41, 5.74) is 1.22. The zero-order valence-corrected chi connectivity index (χ0v) is 11.2. The second-order valence-electron chi connectivity index (χ2n) is 3.88. The topological polar surface area (TPSA) is 20.3 Å². The number of halogens is 2. The number of carbonyl (C=O) groups is 1. The van der Waals surface area contributed by atoms with Crippen molar-refractivity contribution in [3.63, 3.8) is 0 Å². The number of hydrogen-bond donors (Lipinski definition) is 0. The molecule has 0 saturated carbocycles. The molecule has 1 unspecified atom stereocenters. The maximum Gasteiger partial charge on any atom is 0.254 e. The van der Waals surface area contributed by atoms with Crippen LogP contribution in [-0.2, 0) is 0 Å². The van der Waals surface area contributed by atoms with Crippen LogP contribution < -0.4 is 0 Å². The van der Waals surface area contributed by atoms with Crippen molar-refractivity contribution in [1.82, 2.24) is 4.90 Å². The molecular formula is C12H15BrFNO. The third kappa shape index (κ3) is 2.82. The summed E-state index contributed by atoms with van der Waals surface area (Å²) in [6.45, 7) is 3.69. The van der Waals surface area contributed by atoms with E-state index < -0.39 is 0 Å². The van der Waals surface area contributed by atoms with E-state index in [-0.39, 0.29) is 17.8 Å². The summed E-state index contributed by atoms with van der Waals surface area (Å²) in [6.07, 6.45) is 0. The van der Waals surface area contributed by atoms with Crippen molar-refractivity contribution in [2.45, 2.75) is 19.9 Å². The lowest BCUT2D eigenvalue weighted by atomic mass is 10.1. The first-order valence-corrected chi connectivity index (χ1v) is 6.18. The van der Waals surface area contributed by atoms with Gasteiger partial charge in [0.05, 0.1) is 0 Å². The van der Waals surface area contributed by atoms with Gasteiger partial charge in [-0.05, 0) is 37.6 Å². The molecule has 0 aliphatic carbocycles. The van der Waals surface area contributed by atoms with Crippen molar-refractivity contribution in [1.29, 1.82) is 0 Å². The molecule has 0 aliphatic rings. The predicted molar refractivity (Wildman–Crippen MR) is 66.5 cm³/mol. The van der Waals surface area contributed by atoms with Crippen LogP contribution in [0.25, 0.3) is 0 Å². The summed E-state index contributed by atoms with van der Waals surface area (Å²) in [5, 5.41) is 0.718. The van der Waals surface area contributed by atoms with Gasteiger partial charge in [0.25, 0.3) is 5.91 Å². The molecule has 88 valence electrons. The molecule has 4 heteroatoms. The number of hydrogen-bond acceptors (Lipinski definition) is 1. The fourth-order valence-corrected chi connectivity index (χ4v) is 1.80. The van der Waals surface area contributed by atoms with Crippen LogP contribution in [0.2, 0.25) is 0 Å². The number of aryl methyl sites for hydroxylation is 1. The third-order valence-corrected chi connectivity index (χ3v) is 3.56. The Morgan fingerprint density at radius 2 is 2.19 bits per heavy atom. The monoisotopic (exact) mass is 287 g/mol. The number of alkyl halides is 1. The van der Waals surface area contributed by atoms with E-state index in [9.17, 15) is 9.18 Å². The molecular weight excluding hydrogens is 273 g/mol. The van der Waals surface area contributed by atoms with Crippen molar-refractivity contribution in [2.75, 3.05) is 12.4 Å². The third-order valence-electron chi connectivity index (χ3n) is 2.62. The lowest BCUT2D eigenvalue weighted by Gasteiger charge is -2.24. The van der Waals surface area contributed by atoms with E-state index in [0.717, 1.165) is 5.33 Å². The number of rotatable bonds is 3. The molecule has 1 atom stereocenters. The average molecular weight is 288 g/mol. The molecule has 0 spiro atoms. The minimum atomic E-state index is -0.315. The molecule has 0 aliphatic heterocycles. The Morgan fingerprint density at radius 1 is 1.56 bits per heavy atom. The van der Waals surface area contributed by atoms with Gasteiger partial charge in [-0.25, -0.2) is 4.39 Å². The number of carbonyl (C=O) groups excluding carboxylic acids is 1. The highest BCUT2D eigenvalue weighted by Gasteiger charge is 2.18. The van der Waals surface area contributed by atoms with E-state index in [4.69, 9.17) is 0 Å². The molecule has 1 rings (SSSR count). The highest BCUT2D eigenvalue weighted by molar-refractivity contribution is 9.09. The SMILES string of the molecule is Cc1cc(F)ccc1C(=O)N(C)C(C)CBr. The largest absolute Gasteiger partial charge is 0.338 e. The van der Waals surface area contributed by atoms with Gasteiger partial charge in [-0.3, -0.25) is 4.79 Å². The smallest absolute Gasteiger partial charge is 0.254 e. The summed E-state index contributed by atoms with van der Waals surface area (Å²) in [5.74, 6) is -0.394. The molecule has 0 saturated heterocycles. The number of nitrogens with zero attached hydrogens (tertiary/aromatic N) is 1. The van der Waals surface area contributed by atoms with Crippen LogP contribution in [0, 0.1) is 12.7 Å². The maximum atomic E-state index is 12.9. The Hall–Kier alpha value is -0.900. The van der Waals surface area contributed by atoms with Gasteiger partial charge in [0.1, 0.15) is 5.82 Å². The Morgan fingerprint density at radius 3 is 2.69 bits per heavy atom. The van der Waals surface area contributed by atoms with Crippen molar-refractivity contribution in [2.24, 2.45) is 0 Å². The first kappa shape index (κ1) is 13.2. The number of benzene rings is 1. The van der Waals surface area contributed by atoms with Gasteiger partial charge < -0.3 is 4.90 Å². The Balaban J connectivity index is 2.96. The van der Waals surface area contributed by atoms with Crippen molar-refractivity contribution < 1.29 is 9.18 Å². The van der Waals surface area contributed by atoms with Gasteiger partial charge in [0.2, 0.25) is 0 Å². The van der Waals surface area contributed by atoms with Gasteiger partial charge in [-0.1, -0.05) is 15.9 Å². The van der Waals surface area contributed by atoms with Crippen LogP contribution in [0.15, 0.2) is 18.2 Å². The Kier molecular flexibility index (Phi) is 4.47. The van der Waals surface area contributed by atoms with Gasteiger partial charge in [-0.2, -0.15) is 0 Å². The summed E-state index contributed by atoms with van der Waals surface area (Å²) in [4.78, 5) is 13.7. The Bertz CT molecular complexity index is 395. The van der Waals surface area contributed by atoms with E-state index in [0.29, 0.717) is 11.1 Å². The fraction of sp³-hybridized carbons (Fsp3) is 0.417. The fourth-order valence-electron chi connectivity index (χ4n) is 1.36. The van der Waals surface area contributed by atoms with Crippen LogP contribution in [-0.4, -0.2) is 29.2 Å². The normalized spacial score (nSPS) is 12.3. The Labute approximate surface area is 104 Å². The number of amides is 1. The van der Waals surface area contributed by atoms with Gasteiger partial charge in [0.15, 0.2) is 0 Å². The maximum absolute atomic E-state index is 12.9. The quantitative estimate of drug-likeness (QED) is 0.783. The first-order valence-electron chi connectivity index (χ1n) is 5.06. The standard InChI is InChI=1S/C12H15BrFNO/c1-8-6-10(14)4-5-11(8)12(16)15(3)9(2)7-13/h4-6,9H,7H2,1-3H3. The summed E-state index contributed by atoms with van der Waals surface area (Å²) >= 11 is 3.33. The molecule has 16 heavy (non-hydrogen) atoms. The highest BCUT2D eigenvalue weighted by Crippen LogP contribution is 2.14. The zero-order chi connectivity index (χ0) is 12.3. The van der Waals surface area contributed by atoms with E-state index in [1.54, 1.807) is 18.9 Å². The van der Waals surface area contributed by atoms with Crippen molar-refractivity contribution in [3.8, 4) is 0 Å². The van der Waals surface area contributed by atoms with E-state index in [2.05, 4.69) is 15.9 Å². The molecule has 0 N–H and O–H groups in total. The van der Waals surface area contributed by atoms with Crippen LogP contribution in [0.3, 0.4) is 0 Å². The zero-order valence-electron chi connectivity index (χ0n) is 9.63. The molecule has 0 fully saturated rings. The van der Waals surface area contributed by atoms with Crippen LogP contribution in [0.4, 0.5) is 4.39 Å². The van der Waals surface area contributed by atoms with Crippen molar-refractivity contribution in [3.05, 3.63) is 35.1 Å². The molecule has 0 aromatic heterocycles. The molecule has 2 nitrogen and oxygen atoms in total. The average Bonchev–Trinajstić information content (AvgIpc) is 2.26. The van der Waals surface area contributed by atoms with Crippen LogP contribution >= 0.6 is 15.9 Å². The molecule has 0 bridgehead atoms. The summed E-state index contributed by atoms with van der Waals surface area (Å²) in [6, 6.07) is 4.33. The van der Waals surface area contributed by atoms with Gasteiger partial charge in [-0.15, -0.1) is 0 Å². The second kappa shape index (κ2) is 5.43. The highest BCUT2D eigenvalue weighted by atomic mass is 79.9. The van der Waals surface area contributed by atoms with Crippen LogP contribution in [0.5, 0.6) is 0 Å². The molecule has 0 heterocycles. The molecule has 1 aromatic rings. The predicted octanol–water partition coefficient (Wildman–Crippen LogP) is 2.99. The molecule has 1 aromatic carbocycles. The van der Waals surface area contributed by atoms with Gasteiger partial charge in [0, 0.05) is 24.0 Å². The van der Waals surface area contributed by atoms with Gasteiger partial charge >= 0.3 is 0 Å². The van der Waals surface area contributed by atoms with E-state index in [1.165, 1.54) is 18.2 Å². The van der Waals surface area contributed by atoms with Crippen LogP contribution in [0.1, 0.15) is 22.8 Å². The summed E-state index contributed by atoms with van der Waals surface area (Å²) in [7, 11) is 1.75. The first-order chi connectivity index (χ1) is 7.47. The van der Waals surface area contributed by atoms with E-state index >= 15 is 0 Å². The van der Waals surface area contributed by atoms with Crippen molar-refractivity contribution >= 4 is 21.8 Å². The molecule has 1 amide bonds. The van der Waals surface area contributed by atoms with E-state index in [1.807, 2.05) is 6.92 Å². The molecule has 0 radical (unpaired) electrons. The minimum absolute atomic E-state index is 0.0792. The summed E-state index contributed by atoms with van der Waals surface area (Å²) < 4.78 is 12.9. The lowest BCUT2D eigenvalue weighted by Crippen LogP contribution is -2.36. The minimum Gasteiger partial charge on any atom is -0.338 e. The second-order valence-corrected chi connectivity index (χ2v) is 4.53.